The average Bonchev–Trinajstić information content (AvgIpc) is 2.53. The molecule has 1 aliphatic rings. The Labute approximate surface area is 135 Å². The summed E-state index contributed by atoms with van der Waals surface area (Å²) in [5.41, 5.74) is 0.910. The van der Waals surface area contributed by atoms with Crippen LogP contribution in [0, 0.1) is 0 Å². The second-order valence-electron chi connectivity index (χ2n) is 4.95. The summed E-state index contributed by atoms with van der Waals surface area (Å²) in [6, 6.07) is 7.82. The van der Waals surface area contributed by atoms with E-state index in [2.05, 4.69) is 5.32 Å². The van der Waals surface area contributed by atoms with Gasteiger partial charge in [-0.25, -0.2) is 0 Å². The van der Waals surface area contributed by atoms with E-state index in [0.717, 1.165) is 17.0 Å². The van der Waals surface area contributed by atoms with Crippen LogP contribution in [0.25, 0.3) is 0 Å². The molecule has 0 aliphatic carbocycles. The number of benzene rings is 1. The molecule has 0 fully saturated rings. The molecule has 5 nitrogen and oxygen atoms in total. The Kier molecular flexibility index (Phi) is 6.74. The van der Waals surface area contributed by atoms with Gasteiger partial charge in [0.05, 0.1) is 11.4 Å². The molecule has 120 valence electrons. The van der Waals surface area contributed by atoms with Crippen molar-refractivity contribution in [3.8, 4) is 0 Å². The summed E-state index contributed by atoms with van der Waals surface area (Å²) in [4.78, 5) is 26.7. The summed E-state index contributed by atoms with van der Waals surface area (Å²) in [6.45, 7) is 4.34. The predicted octanol–water partition coefficient (Wildman–Crippen LogP) is 2.06. The fourth-order valence-electron chi connectivity index (χ4n) is 2.25. The number of thioether (sulfide) groups is 1. The summed E-state index contributed by atoms with van der Waals surface area (Å²) >= 11 is 1.55. The molecule has 0 saturated carbocycles. The molecule has 0 atom stereocenters. The number of ether oxygens (including phenoxy) is 1. The summed E-state index contributed by atoms with van der Waals surface area (Å²) in [5.74, 6) is 0.473. The minimum absolute atomic E-state index is 0.0278. The molecule has 0 spiro atoms. The summed E-state index contributed by atoms with van der Waals surface area (Å²) < 4.78 is 5.22. The van der Waals surface area contributed by atoms with E-state index in [1.54, 1.807) is 16.7 Å². The first-order chi connectivity index (χ1) is 10.7. The lowest BCUT2D eigenvalue weighted by molar-refractivity contribution is -0.121. The van der Waals surface area contributed by atoms with Gasteiger partial charge in [0, 0.05) is 37.6 Å². The van der Waals surface area contributed by atoms with Gasteiger partial charge in [0.2, 0.25) is 11.8 Å². The molecule has 0 bridgehead atoms. The van der Waals surface area contributed by atoms with Crippen LogP contribution in [-0.4, -0.2) is 43.9 Å². The van der Waals surface area contributed by atoms with Crippen molar-refractivity contribution in [3.05, 3.63) is 24.3 Å². The van der Waals surface area contributed by atoms with Crippen LogP contribution in [-0.2, 0) is 14.3 Å². The van der Waals surface area contributed by atoms with Crippen molar-refractivity contribution in [1.29, 1.82) is 0 Å². The molecule has 1 aromatic carbocycles. The lowest BCUT2D eigenvalue weighted by Crippen LogP contribution is -2.38. The number of anilines is 1. The van der Waals surface area contributed by atoms with Crippen molar-refractivity contribution in [1.82, 2.24) is 5.32 Å². The first-order valence-electron chi connectivity index (χ1n) is 7.59. The van der Waals surface area contributed by atoms with Crippen molar-refractivity contribution >= 4 is 29.3 Å². The van der Waals surface area contributed by atoms with E-state index in [4.69, 9.17) is 4.74 Å². The number of amides is 2. The van der Waals surface area contributed by atoms with Crippen LogP contribution in [0.1, 0.15) is 19.8 Å². The number of carbonyl (C=O) groups is 2. The maximum absolute atomic E-state index is 12.1. The van der Waals surface area contributed by atoms with E-state index in [9.17, 15) is 9.59 Å². The number of carbonyl (C=O) groups excluding carboxylic acids is 2. The van der Waals surface area contributed by atoms with Crippen molar-refractivity contribution in [2.45, 2.75) is 24.7 Å². The smallest absolute Gasteiger partial charge is 0.237 e. The lowest BCUT2D eigenvalue weighted by atomic mass is 10.2. The maximum Gasteiger partial charge on any atom is 0.237 e. The number of rotatable bonds is 8. The Bertz CT molecular complexity index is 522. The van der Waals surface area contributed by atoms with E-state index in [0.29, 0.717) is 38.5 Å². The highest BCUT2D eigenvalue weighted by molar-refractivity contribution is 8.00. The minimum Gasteiger partial charge on any atom is -0.382 e. The third-order valence-electron chi connectivity index (χ3n) is 3.36. The Morgan fingerprint density at radius 3 is 3.05 bits per heavy atom. The van der Waals surface area contributed by atoms with Gasteiger partial charge < -0.3 is 15.0 Å². The Balaban J connectivity index is 1.79. The van der Waals surface area contributed by atoms with Gasteiger partial charge in [0.25, 0.3) is 0 Å². The second-order valence-corrected chi connectivity index (χ2v) is 5.97. The fourth-order valence-corrected chi connectivity index (χ4v) is 3.18. The van der Waals surface area contributed by atoms with Crippen molar-refractivity contribution in [3.63, 3.8) is 0 Å². The normalized spacial score (nSPS) is 13.9. The van der Waals surface area contributed by atoms with Crippen LogP contribution >= 0.6 is 11.8 Å². The topological polar surface area (TPSA) is 58.6 Å². The molecule has 0 saturated heterocycles. The standard InChI is InChI=1S/C16H22N2O3S/c1-2-21-11-5-9-17-15(19)8-10-18-13-6-3-4-7-14(13)22-12-16(18)20/h3-4,6-7H,2,5,8-12H2,1H3,(H,17,19). The third kappa shape index (κ3) is 4.74. The summed E-state index contributed by atoms with van der Waals surface area (Å²) in [7, 11) is 0. The van der Waals surface area contributed by atoms with Gasteiger partial charge in [0.1, 0.15) is 0 Å². The Hall–Kier alpha value is -1.53. The number of hydrogen-bond acceptors (Lipinski definition) is 4. The molecular weight excluding hydrogens is 300 g/mol. The lowest BCUT2D eigenvalue weighted by Gasteiger charge is -2.28. The van der Waals surface area contributed by atoms with Crippen LogP contribution in [0.15, 0.2) is 29.2 Å². The summed E-state index contributed by atoms with van der Waals surface area (Å²) in [5, 5.41) is 2.86. The van der Waals surface area contributed by atoms with Gasteiger partial charge in [-0.05, 0) is 25.5 Å². The molecule has 0 aromatic heterocycles. The predicted molar refractivity (Wildman–Crippen MR) is 88.3 cm³/mol. The minimum atomic E-state index is -0.0278. The van der Waals surface area contributed by atoms with Crippen LogP contribution in [0.4, 0.5) is 5.69 Å². The number of hydrogen-bond donors (Lipinski definition) is 1. The molecular formula is C16H22N2O3S. The van der Waals surface area contributed by atoms with Gasteiger partial charge in [0.15, 0.2) is 0 Å². The molecule has 6 heteroatoms. The third-order valence-corrected chi connectivity index (χ3v) is 4.41. The molecule has 1 aliphatic heterocycles. The van der Waals surface area contributed by atoms with Crippen LogP contribution in [0.2, 0.25) is 0 Å². The number of fused-ring (bicyclic) bond motifs is 1. The first-order valence-corrected chi connectivity index (χ1v) is 8.57. The van der Waals surface area contributed by atoms with Gasteiger partial charge in [-0.15, -0.1) is 11.8 Å². The van der Waals surface area contributed by atoms with Gasteiger partial charge >= 0.3 is 0 Å². The highest BCUT2D eigenvalue weighted by atomic mass is 32.2. The molecule has 2 rings (SSSR count). The summed E-state index contributed by atoms with van der Waals surface area (Å²) in [6.07, 6.45) is 1.13. The molecule has 22 heavy (non-hydrogen) atoms. The molecule has 0 radical (unpaired) electrons. The quantitative estimate of drug-likeness (QED) is 0.744. The maximum atomic E-state index is 12.1. The number of para-hydroxylation sites is 1. The SMILES string of the molecule is CCOCCCNC(=O)CCN1C(=O)CSc2ccccc21. The van der Waals surface area contributed by atoms with Gasteiger partial charge in [-0.1, -0.05) is 12.1 Å². The van der Waals surface area contributed by atoms with E-state index in [1.165, 1.54) is 0 Å². The molecule has 1 heterocycles. The van der Waals surface area contributed by atoms with Gasteiger partial charge in [-0.2, -0.15) is 0 Å². The molecule has 2 amide bonds. The number of nitrogens with one attached hydrogen (secondary N) is 1. The monoisotopic (exact) mass is 322 g/mol. The number of nitrogens with zero attached hydrogens (tertiary/aromatic N) is 1. The van der Waals surface area contributed by atoms with Crippen LogP contribution in [0.5, 0.6) is 0 Å². The van der Waals surface area contributed by atoms with E-state index >= 15 is 0 Å². The zero-order valence-corrected chi connectivity index (χ0v) is 13.7. The molecule has 1 aromatic rings. The van der Waals surface area contributed by atoms with Crippen molar-refractivity contribution < 1.29 is 14.3 Å². The largest absolute Gasteiger partial charge is 0.382 e. The van der Waals surface area contributed by atoms with Crippen molar-refractivity contribution in [2.24, 2.45) is 0 Å². The van der Waals surface area contributed by atoms with Crippen LogP contribution in [0.3, 0.4) is 0 Å². The Morgan fingerprint density at radius 1 is 1.41 bits per heavy atom. The van der Waals surface area contributed by atoms with E-state index in [-0.39, 0.29) is 11.8 Å². The average molecular weight is 322 g/mol. The highest BCUT2D eigenvalue weighted by Crippen LogP contribution is 2.34. The van der Waals surface area contributed by atoms with Crippen molar-refractivity contribution in [2.75, 3.05) is 37.0 Å². The van der Waals surface area contributed by atoms with E-state index < -0.39 is 0 Å². The molecule has 1 N–H and O–H groups in total. The Morgan fingerprint density at radius 2 is 2.23 bits per heavy atom. The second kappa shape index (κ2) is 8.80. The van der Waals surface area contributed by atoms with Crippen LogP contribution < -0.4 is 10.2 Å². The fraction of sp³-hybridized carbons (Fsp3) is 0.500. The zero-order chi connectivity index (χ0) is 15.8. The highest BCUT2D eigenvalue weighted by Gasteiger charge is 2.24. The van der Waals surface area contributed by atoms with Gasteiger partial charge in [-0.3, -0.25) is 9.59 Å². The zero-order valence-electron chi connectivity index (χ0n) is 12.8. The first kappa shape index (κ1) is 16.8. The van der Waals surface area contributed by atoms with E-state index in [1.807, 2.05) is 31.2 Å². The molecule has 0 unspecified atom stereocenters.